The second-order valence-electron chi connectivity index (χ2n) is 7.16. The van der Waals surface area contributed by atoms with Gasteiger partial charge in [-0.05, 0) is 36.8 Å². The highest BCUT2D eigenvalue weighted by Gasteiger charge is 2.27. The summed E-state index contributed by atoms with van der Waals surface area (Å²) >= 11 is 14.0. The highest BCUT2D eigenvalue weighted by Crippen LogP contribution is 2.32. The molecule has 0 fully saturated rings. The first-order chi connectivity index (χ1) is 16.5. The van der Waals surface area contributed by atoms with Gasteiger partial charge in [-0.15, -0.1) is 11.3 Å². The van der Waals surface area contributed by atoms with E-state index in [-0.39, 0.29) is 12.5 Å². The summed E-state index contributed by atoms with van der Waals surface area (Å²) < 4.78 is 7.06. The van der Waals surface area contributed by atoms with Gasteiger partial charge >= 0.3 is 5.97 Å². The first-order valence-electron chi connectivity index (χ1n) is 10.4. The number of benzene rings is 2. The van der Waals surface area contributed by atoms with Gasteiger partial charge in [-0.2, -0.15) is 0 Å². The number of carbonyl (C=O) groups excluding carboxylic acids is 1. The molecule has 2 aromatic heterocycles. The number of rotatable bonds is 8. The summed E-state index contributed by atoms with van der Waals surface area (Å²) in [5, 5.41) is 14.0. The van der Waals surface area contributed by atoms with Crippen LogP contribution in [0.25, 0.3) is 11.3 Å². The average Bonchev–Trinajstić information content (AvgIpc) is 3.41. The average molecular weight is 530 g/mol. The van der Waals surface area contributed by atoms with Crippen LogP contribution in [0.5, 0.6) is 5.88 Å². The zero-order valence-electron chi connectivity index (χ0n) is 18.1. The molecule has 1 N–H and O–H groups in total. The summed E-state index contributed by atoms with van der Waals surface area (Å²) in [7, 11) is 0. The van der Waals surface area contributed by atoms with E-state index in [4.69, 9.17) is 28.6 Å². The lowest BCUT2D eigenvalue weighted by molar-refractivity contribution is -0.147. The molecule has 2 aromatic carbocycles. The number of ether oxygens (including phenoxy) is 1. The summed E-state index contributed by atoms with van der Waals surface area (Å²) in [6.07, 6.45) is 1.85. The molecule has 4 rings (SSSR count). The van der Waals surface area contributed by atoms with Crippen LogP contribution in [0.2, 0.25) is 5.02 Å². The summed E-state index contributed by atoms with van der Waals surface area (Å²) in [4.78, 5) is 22.1. The lowest BCUT2D eigenvalue weighted by atomic mass is 10.1. The van der Waals surface area contributed by atoms with Gasteiger partial charge in [0, 0.05) is 22.4 Å². The minimum Gasteiger partial charge on any atom is -0.493 e. The molecule has 10 heteroatoms. The normalized spacial score (nSPS) is 12.2. The van der Waals surface area contributed by atoms with Crippen molar-refractivity contribution >= 4 is 63.8 Å². The zero-order chi connectivity index (χ0) is 24.1. The van der Waals surface area contributed by atoms with Crippen molar-refractivity contribution in [3.8, 4) is 17.1 Å². The Morgan fingerprint density at radius 1 is 1.26 bits per heavy atom. The fourth-order valence-electron chi connectivity index (χ4n) is 3.30. The number of hydrogen-bond donors (Lipinski definition) is 1. The van der Waals surface area contributed by atoms with E-state index in [9.17, 15) is 9.90 Å². The number of aromatic hydroxyl groups is 1. The third-order valence-corrected chi connectivity index (χ3v) is 7.24. The van der Waals surface area contributed by atoms with Gasteiger partial charge in [0.2, 0.25) is 11.0 Å². The molecule has 4 aromatic rings. The summed E-state index contributed by atoms with van der Waals surface area (Å²) in [6.45, 7) is 1.98. The lowest BCUT2D eigenvalue weighted by Gasteiger charge is -2.18. The molecule has 34 heavy (non-hydrogen) atoms. The van der Waals surface area contributed by atoms with Crippen LogP contribution in [0.4, 0.5) is 5.13 Å². The van der Waals surface area contributed by atoms with Gasteiger partial charge in [-0.1, -0.05) is 65.4 Å². The lowest BCUT2D eigenvalue weighted by Crippen LogP contribution is -2.24. The van der Waals surface area contributed by atoms with Gasteiger partial charge < -0.3 is 9.84 Å². The molecule has 0 aliphatic heterocycles. The number of halogens is 1. The maximum absolute atomic E-state index is 12.8. The second kappa shape index (κ2) is 11.1. The Morgan fingerprint density at radius 2 is 2.00 bits per heavy atom. The SMILES string of the molecule is CCOC(=O)C(Cc1ccccc1)n1c(O)c(/C=N\c2nc(-c3ccc(Cl)cc3)cs2)sc1=S. The Morgan fingerprint density at radius 3 is 2.71 bits per heavy atom. The van der Waals surface area contributed by atoms with Crippen LogP contribution in [-0.2, 0) is 16.0 Å². The predicted molar refractivity (Wildman–Crippen MR) is 140 cm³/mol. The molecule has 174 valence electrons. The molecule has 0 aliphatic rings. The van der Waals surface area contributed by atoms with Gasteiger partial charge in [-0.3, -0.25) is 4.57 Å². The first-order valence-corrected chi connectivity index (χ1v) is 12.8. The highest BCUT2D eigenvalue weighted by molar-refractivity contribution is 7.73. The molecule has 0 saturated heterocycles. The highest BCUT2D eigenvalue weighted by atomic mass is 35.5. The fourth-order valence-corrected chi connectivity index (χ4v) is 5.37. The number of thiazole rings is 2. The summed E-state index contributed by atoms with van der Waals surface area (Å²) in [6, 6.07) is 16.2. The van der Waals surface area contributed by atoms with Crippen molar-refractivity contribution in [2.75, 3.05) is 6.61 Å². The Kier molecular flexibility index (Phi) is 7.89. The van der Waals surface area contributed by atoms with Crippen LogP contribution < -0.4 is 0 Å². The van der Waals surface area contributed by atoms with Crippen molar-refractivity contribution in [1.29, 1.82) is 0 Å². The van der Waals surface area contributed by atoms with Gasteiger partial charge in [0.15, 0.2) is 3.95 Å². The molecular formula is C24H20ClN3O3S3. The molecule has 2 heterocycles. The Bertz CT molecular complexity index is 1360. The van der Waals surface area contributed by atoms with Gasteiger partial charge in [0.1, 0.15) is 10.9 Å². The third-order valence-electron chi connectivity index (χ3n) is 4.91. The fraction of sp³-hybridized carbons (Fsp3) is 0.167. The largest absolute Gasteiger partial charge is 0.493 e. The molecule has 0 aliphatic carbocycles. The summed E-state index contributed by atoms with van der Waals surface area (Å²) in [5.74, 6) is -0.575. The van der Waals surface area contributed by atoms with E-state index in [1.807, 2.05) is 60.0 Å². The Labute approximate surface area is 214 Å². The predicted octanol–water partition coefficient (Wildman–Crippen LogP) is 6.86. The molecule has 0 amide bonds. The quantitative estimate of drug-likeness (QED) is 0.153. The monoisotopic (exact) mass is 529 g/mol. The number of aliphatic imine (C=N–C) groups is 1. The molecular weight excluding hydrogens is 510 g/mol. The Balaban J connectivity index is 1.60. The minimum atomic E-state index is -0.787. The van der Waals surface area contributed by atoms with Gasteiger partial charge in [-0.25, -0.2) is 14.8 Å². The van der Waals surface area contributed by atoms with Crippen LogP contribution in [-0.4, -0.2) is 33.4 Å². The number of nitrogens with zero attached hydrogens (tertiary/aromatic N) is 3. The maximum Gasteiger partial charge on any atom is 0.329 e. The van der Waals surface area contributed by atoms with Crippen LogP contribution in [0.15, 0.2) is 65.0 Å². The van der Waals surface area contributed by atoms with Gasteiger partial charge in [0.05, 0.1) is 18.5 Å². The van der Waals surface area contributed by atoms with E-state index >= 15 is 0 Å². The van der Waals surface area contributed by atoms with Crippen LogP contribution >= 0.6 is 46.5 Å². The van der Waals surface area contributed by atoms with Crippen LogP contribution in [0.3, 0.4) is 0 Å². The second-order valence-corrected chi connectivity index (χ2v) is 10.1. The standard InChI is InChI=1S/C24H20ClN3O3S3/c1-2-31-22(30)19(12-15-6-4-3-5-7-15)28-21(29)20(34-24(28)32)13-26-23-27-18(14-33-23)16-8-10-17(25)11-9-16/h3-11,13-14,19,29H,2,12H2,1H3/b26-13-. The maximum atomic E-state index is 12.8. The van der Waals surface area contributed by atoms with E-state index in [2.05, 4.69) is 9.98 Å². The van der Waals surface area contributed by atoms with E-state index in [1.165, 1.54) is 33.5 Å². The molecule has 0 radical (unpaired) electrons. The summed E-state index contributed by atoms with van der Waals surface area (Å²) in [5.41, 5.74) is 2.65. The van der Waals surface area contributed by atoms with Crippen molar-refractivity contribution < 1.29 is 14.6 Å². The third kappa shape index (κ3) is 5.61. The Hall–Kier alpha value is -2.85. The van der Waals surface area contributed by atoms with Crippen LogP contribution in [0.1, 0.15) is 23.4 Å². The molecule has 6 nitrogen and oxygen atoms in total. The van der Waals surface area contributed by atoms with E-state index in [1.54, 1.807) is 6.92 Å². The van der Waals surface area contributed by atoms with Crippen molar-refractivity contribution in [3.05, 3.63) is 79.4 Å². The minimum absolute atomic E-state index is 0.123. The number of esters is 1. The zero-order valence-corrected chi connectivity index (χ0v) is 21.3. The number of hydrogen-bond acceptors (Lipinski definition) is 8. The molecule has 1 unspecified atom stereocenters. The van der Waals surface area contributed by atoms with Crippen molar-refractivity contribution in [3.63, 3.8) is 0 Å². The topological polar surface area (TPSA) is 76.7 Å². The van der Waals surface area contributed by atoms with Crippen LogP contribution in [0, 0.1) is 3.95 Å². The van der Waals surface area contributed by atoms with E-state index in [0.29, 0.717) is 25.4 Å². The number of carbonyl (C=O) groups is 1. The first kappa shape index (κ1) is 24.3. The van der Waals surface area contributed by atoms with Crippen molar-refractivity contribution in [2.45, 2.75) is 19.4 Å². The van der Waals surface area contributed by atoms with E-state index in [0.717, 1.165) is 16.8 Å². The van der Waals surface area contributed by atoms with Crippen molar-refractivity contribution in [1.82, 2.24) is 9.55 Å². The van der Waals surface area contributed by atoms with E-state index < -0.39 is 12.0 Å². The molecule has 0 bridgehead atoms. The smallest absolute Gasteiger partial charge is 0.329 e. The molecule has 0 saturated carbocycles. The van der Waals surface area contributed by atoms with Gasteiger partial charge in [0.25, 0.3) is 0 Å². The number of aromatic nitrogens is 2. The molecule has 0 spiro atoms. The van der Waals surface area contributed by atoms with Crippen molar-refractivity contribution in [2.24, 2.45) is 4.99 Å². The molecule has 1 atom stereocenters.